The molecule has 3 unspecified atom stereocenters. The topological polar surface area (TPSA) is 41.6 Å². The molecule has 27 heavy (non-hydrogen) atoms. The molecule has 0 radical (unpaired) electrons. The Balaban J connectivity index is 1.43. The summed E-state index contributed by atoms with van der Waals surface area (Å²) in [5.74, 6) is 0.854. The van der Waals surface area contributed by atoms with Crippen LogP contribution in [-0.2, 0) is 10.2 Å². The van der Waals surface area contributed by atoms with Crippen molar-refractivity contribution >= 4 is 5.91 Å². The Bertz CT molecular complexity index is 886. The number of carbonyl (C=O) groups excluding carboxylic acids is 1. The molecule has 2 aromatic rings. The Morgan fingerprint density at radius 1 is 1.22 bits per heavy atom. The van der Waals surface area contributed by atoms with E-state index in [0.717, 1.165) is 30.7 Å². The molecule has 3 aliphatic rings. The van der Waals surface area contributed by atoms with E-state index in [1.165, 1.54) is 11.6 Å². The summed E-state index contributed by atoms with van der Waals surface area (Å²) < 4.78 is 19.5. The minimum Gasteiger partial charge on any atom is -0.493 e. The summed E-state index contributed by atoms with van der Waals surface area (Å²) in [5.41, 5.74) is 1.95. The summed E-state index contributed by atoms with van der Waals surface area (Å²) in [6, 6.07) is 14.6. The van der Waals surface area contributed by atoms with Crippen LogP contribution in [-0.4, -0.2) is 37.0 Å². The van der Waals surface area contributed by atoms with E-state index in [2.05, 4.69) is 11.4 Å². The number of nitrogens with zero attached hydrogens (tertiary/aromatic N) is 1. The van der Waals surface area contributed by atoms with Crippen LogP contribution in [0.3, 0.4) is 0 Å². The minimum atomic E-state index is -0.258. The Hall–Kier alpha value is -2.40. The fraction of sp³-hybridized carbons (Fsp3) is 0.409. The van der Waals surface area contributed by atoms with Crippen molar-refractivity contribution < 1.29 is 13.9 Å². The number of hydrogen-bond donors (Lipinski definition) is 1. The van der Waals surface area contributed by atoms with Gasteiger partial charge in [0.25, 0.3) is 0 Å². The summed E-state index contributed by atoms with van der Waals surface area (Å²) in [4.78, 5) is 15.4. The Morgan fingerprint density at radius 2 is 2.11 bits per heavy atom. The Kier molecular flexibility index (Phi) is 3.93. The van der Waals surface area contributed by atoms with Gasteiger partial charge in [-0.1, -0.05) is 30.3 Å². The van der Waals surface area contributed by atoms with Gasteiger partial charge in [-0.2, -0.15) is 0 Å². The normalized spacial score (nSPS) is 29.1. The third kappa shape index (κ3) is 2.72. The molecule has 5 heteroatoms. The van der Waals surface area contributed by atoms with Gasteiger partial charge in [0.05, 0.1) is 12.6 Å². The number of para-hydroxylation sites is 1. The summed E-state index contributed by atoms with van der Waals surface area (Å²) >= 11 is 0. The lowest BCUT2D eigenvalue weighted by Gasteiger charge is -2.37. The molecule has 5 rings (SSSR count). The smallest absolute Gasteiger partial charge is 0.227 e. The molecule has 1 aliphatic carbocycles. The highest BCUT2D eigenvalue weighted by Crippen LogP contribution is 2.61. The van der Waals surface area contributed by atoms with Gasteiger partial charge < -0.3 is 15.0 Å². The first-order valence-electron chi connectivity index (χ1n) is 9.68. The van der Waals surface area contributed by atoms with Crippen LogP contribution >= 0.6 is 0 Å². The lowest BCUT2D eigenvalue weighted by molar-refractivity contribution is -0.136. The van der Waals surface area contributed by atoms with E-state index in [-0.39, 0.29) is 29.1 Å². The number of piperazine rings is 1. The first kappa shape index (κ1) is 16.8. The monoisotopic (exact) mass is 366 g/mol. The molecule has 0 aromatic heterocycles. The molecule has 4 nitrogen and oxygen atoms in total. The third-order valence-corrected chi connectivity index (χ3v) is 6.36. The molecular formula is C22H23FN2O2. The molecule has 1 N–H and O–H groups in total. The third-order valence-electron chi connectivity index (χ3n) is 6.36. The van der Waals surface area contributed by atoms with Crippen molar-refractivity contribution in [2.24, 2.45) is 5.92 Å². The minimum absolute atomic E-state index is 0.00305. The van der Waals surface area contributed by atoms with E-state index in [9.17, 15) is 9.18 Å². The summed E-state index contributed by atoms with van der Waals surface area (Å²) in [5, 5.41) is 3.35. The van der Waals surface area contributed by atoms with Gasteiger partial charge in [-0.15, -0.1) is 0 Å². The van der Waals surface area contributed by atoms with Crippen LogP contribution in [0.4, 0.5) is 4.39 Å². The molecule has 1 saturated heterocycles. The average Bonchev–Trinajstić information content (AvgIpc) is 3.42. The number of nitrogens with one attached hydrogen (secondary N) is 1. The van der Waals surface area contributed by atoms with Crippen molar-refractivity contribution in [2.45, 2.75) is 24.3 Å². The fourth-order valence-electron chi connectivity index (χ4n) is 4.86. The van der Waals surface area contributed by atoms with E-state index in [1.54, 1.807) is 12.1 Å². The number of carbonyl (C=O) groups is 1. The number of benzene rings is 2. The number of ether oxygens (including phenoxy) is 1. The SMILES string of the molecule is O=C(C1CC12CCOc1ccccc12)N1CCNCC1c1cccc(F)c1. The second-order valence-electron chi connectivity index (χ2n) is 7.81. The predicted molar refractivity (Wildman–Crippen MR) is 100 cm³/mol. The molecule has 2 aromatic carbocycles. The molecule has 3 atom stereocenters. The van der Waals surface area contributed by atoms with Crippen molar-refractivity contribution in [2.75, 3.05) is 26.2 Å². The molecule has 140 valence electrons. The molecule has 1 amide bonds. The molecule has 2 aliphatic heterocycles. The summed E-state index contributed by atoms with van der Waals surface area (Å²) in [6.45, 7) is 2.76. The van der Waals surface area contributed by atoms with Crippen LogP contribution in [0, 0.1) is 11.7 Å². The number of rotatable bonds is 2. The highest BCUT2D eigenvalue weighted by molar-refractivity contribution is 5.85. The predicted octanol–water partition coefficient (Wildman–Crippen LogP) is 3.04. The largest absolute Gasteiger partial charge is 0.493 e. The van der Waals surface area contributed by atoms with Crippen LogP contribution in [0.2, 0.25) is 0 Å². The quantitative estimate of drug-likeness (QED) is 0.888. The molecule has 1 saturated carbocycles. The van der Waals surface area contributed by atoms with Gasteiger partial charge in [-0.05, 0) is 36.6 Å². The van der Waals surface area contributed by atoms with E-state index in [4.69, 9.17) is 4.74 Å². The summed E-state index contributed by atoms with van der Waals surface area (Å²) in [6.07, 6.45) is 1.77. The zero-order valence-electron chi connectivity index (χ0n) is 15.2. The van der Waals surface area contributed by atoms with Gasteiger partial charge >= 0.3 is 0 Å². The van der Waals surface area contributed by atoms with Gasteiger partial charge in [0, 0.05) is 36.5 Å². The van der Waals surface area contributed by atoms with Crippen LogP contribution in [0.5, 0.6) is 5.75 Å². The zero-order valence-corrected chi connectivity index (χ0v) is 15.2. The molecule has 1 spiro atoms. The lowest BCUT2D eigenvalue weighted by atomic mass is 9.87. The van der Waals surface area contributed by atoms with Crippen LogP contribution in [0.1, 0.15) is 30.0 Å². The van der Waals surface area contributed by atoms with E-state index in [0.29, 0.717) is 19.7 Å². The van der Waals surface area contributed by atoms with Crippen molar-refractivity contribution in [3.8, 4) is 5.75 Å². The standard InChI is InChI=1S/C22H23FN2O2/c23-16-5-3-4-15(12-16)19-14-24-9-10-25(19)21(26)18-13-22(18)8-11-27-20-7-2-1-6-17(20)22/h1-7,12,18-19,24H,8-11,13-14H2. The fourth-order valence-corrected chi connectivity index (χ4v) is 4.86. The van der Waals surface area contributed by atoms with E-state index in [1.807, 2.05) is 29.2 Å². The number of fused-ring (bicyclic) bond motifs is 2. The maximum absolute atomic E-state index is 13.7. The van der Waals surface area contributed by atoms with Gasteiger partial charge in [0.2, 0.25) is 5.91 Å². The van der Waals surface area contributed by atoms with Gasteiger partial charge in [0.1, 0.15) is 11.6 Å². The van der Waals surface area contributed by atoms with E-state index >= 15 is 0 Å². The zero-order chi connectivity index (χ0) is 18.4. The highest BCUT2D eigenvalue weighted by atomic mass is 19.1. The van der Waals surface area contributed by atoms with Crippen LogP contribution in [0.25, 0.3) is 0 Å². The van der Waals surface area contributed by atoms with Crippen molar-refractivity contribution in [3.05, 3.63) is 65.5 Å². The van der Waals surface area contributed by atoms with Crippen molar-refractivity contribution in [3.63, 3.8) is 0 Å². The second kappa shape index (κ2) is 6.34. The van der Waals surface area contributed by atoms with Crippen LogP contribution in [0.15, 0.2) is 48.5 Å². The number of halogens is 1. The maximum Gasteiger partial charge on any atom is 0.227 e. The number of amides is 1. The van der Waals surface area contributed by atoms with Crippen molar-refractivity contribution in [1.82, 2.24) is 10.2 Å². The van der Waals surface area contributed by atoms with E-state index < -0.39 is 0 Å². The first-order valence-corrected chi connectivity index (χ1v) is 9.68. The van der Waals surface area contributed by atoms with Crippen molar-refractivity contribution in [1.29, 1.82) is 0 Å². The highest BCUT2D eigenvalue weighted by Gasteiger charge is 2.62. The summed E-state index contributed by atoms with van der Waals surface area (Å²) in [7, 11) is 0. The lowest BCUT2D eigenvalue weighted by Crippen LogP contribution is -2.50. The van der Waals surface area contributed by atoms with Gasteiger partial charge in [-0.3, -0.25) is 4.79 Å². The maximum atomic E-state index is 13.7. The first-order chi connectivity index (χ1) is 13.2. The van der Waals surface area contributed by atoms with Crippen LogP contribution < -0.4 is 10.1 Å². The Morgan fingerprint density at radius 3 is 3.00 bits per heavy atom. The van der Waals surface area contributed by atoms with Gasteiger partial charge in [-0.25, -0.2) is 4.39 Å². The number of hydrogen-bond acceptors (Lipinski definition) is 3. The average molecular weight is 366 g/mol. The molecule has 0 bridgehead atoms. The molecule has 2 heterocycles. The van der Waals surface area contributed by atoms with Gasteiger partial charge in [0.15, 0.2) is 0 Å². The Labute approximate surface area is 158 Å². The molecule has 2 fully saturated rings. The molecular weight excluding hydrogens is 343 g/mol. The second-order valence-corrected chi connectivity index (χ2v) is 7.81.